The van der Waals surface area contributed by atoms with E-state index in [9.17, 15) is 8.42 Å². The van der Waals surface area contributed by atoms with E-state index in [4.69, 9.17) is 0 Å². The monoisotopic (exact) mass is 420 g/mol. The smallest absolute Gasteiger partial charge is 0.279 e. The summed E-state index contributed by atoms with van der Waals surface area (Å²) in [6.45, 7) is 2.59. The van der Waals surface area contributed by atoms with Crippen LogP contribution < -0.4 is 10.0 Å². The number of fused-ring (bicyclic) bond motifs is 2. The van der Waals surface area contributed by atoms with E-state index in [1.54, 1.807) is 38.3 Å². The Hall–Kier alpha value is -1.72. The second-order valence-corrected chi connectivity index (χ2v) is 10.2. The van der Waals surface area contributed by atoms with E-state index in [0.717, 1.165) is 53.9 Å². The number of hydrogen-bond donors (Lipinski definition) is 2. The molecule has 8 nitrogen and oxygen atoms in total. The van der Waals surface area contributed by atoms with E-state index < -0.39 is 10.2 Å². The van der Waals surface area contributed by atoms with Gasteiger partial charge in [-0.2, -0.15) is 17.4 Å². The number of likely N-dealkylation sites (tertiary alicyclic amines) is 1. The first-order chi connectivity index (χ1) is 13.4. The minimum atomic E-state index is -3.37. The van der Waals surface area contributed by atoms with Crippen molar-refractivity contribution in [2.75, 3.05) is 32.5 Å². The highest BCUT2D eigenvalue weighted by Gasteiger charge is 2.25. The number of rotatable bonds is 5. The largest absolute Gasteiger partial charge is 0.337 e. The van der Waals surface area contributed by atoms with Crippen molar-refractivity contribution >= 4 is 33.5 Å². The lowest BCUT2D eigenvalue weighted by Crippen LogP contribution is -2.47. The third-order valence-electron chi connectivity index (χ3n) is 4.96. The summed E-state index contributed by atoms with van der Waals surface area (Å²) < 4.78 is 28.0. The summed E-state index contributed by atoms with van der Waals surface area (Å²) in [7, 11) is -0.275. The molecule has 28 heavy (non-hydrogen) atoms. The number of nitrogens with one attached hydrogen (secondary N) is 2. The van der Waals surface area contributed by atoms with Gasteiger partial charge in [0.25, 0.3) is 10.2 Å². The molecule has 0 spiro atoms. The molecule has 0 radical (unpaired) electrons. The standard InChI is InChI=1S/C18H24N6O2S2/c1-23(2)28(25,26)22-14-5-9-24(10-6-14)12-13-3-4-16-15(11-13)21-17-18(27-16)20-8-7-19-17/h3-4,7-8,11,14,22H,5-6,9-10,12H2,1-2H3,(H,19,21). The number of anilines is 2. The Morgan fingerprint density at radius 3 is 2.75 bits per heavy atom. The minimum Gasteiger partial charge on any atom is -0.337 e. The molecule has 10 heteroatoms. The molecule has 0 unspecified atom stereocenters. The Balaban J connectivity index is 1.35. The highest BCUT2D eigenvalue weighted by molar-refractivity contribution is 7.99. The predicted octanol–water partition coefficient (Wildman–Crippen LogP) is 2.05. The van der Waals surface area contributed by atoms with Gasteiger partial charge in [-0.3, -0.25) is 4.90 Å². The third-order valence-corrected chi connectivity index (χ3v) is 7.62. The van der Waals surface area contributed by atoms with Crippen LogP contribution in [-0.2, 0) is 16.8 Å². The van der Waals surface area contributed by atoms with Crippen LogP contribution in [0.25, 0.3) is 0 Å². The summed E-state index contributed by atoms with van der Waals surface area (Å²) in [6, 6.07) is 6.44. The molecule has 0 bridgehead atoms. The summed E-state index contributed by atoms with van der Waals surface area (Å²) in [5.74, 6) is 0.797. The van der Waals surface area contributed by atoms with Gasteiger partial charge in [0, 0.05) is 57.1 Å². The molecule has 0 atom stereocenters. The molecule has 4 rings (SSSR count). The fraction of sp³-hybridized carbons (Fsp3) is 0.444. The number of piperidine rings is 1. The highest BCUT2D eigenvalue weighted by Crippen LogP contribution is 2.42. The molecule has 0 amide bonds. The predicted molar refractivity (Wildman–Crippen MR) is 110 cm³/mol. The van der Waals surface area contributed by atoms with Crippen LogP contribution in [0, 0.1) is 0 Å². The molecule has 2 N–H and O–H groups in total. The average Bonchev–Trinajstić information content (AvgIpc) is 2.67. The Morgan fingerprint density at radius 2 is 2.00 bits per heavy atom. The molecular formula is C18H24N6O2S2. The molecule has 1 saturated heterocycles. The second-order valence-electron chi connectivity index (χ2n) is 7.22. The zero-order valence-corrected chi connectivity index (χ0v) is 17.6. The van der Waals surface area contributed by atoms with Crippen molar-refractivity contribution in [2.24, 2.45) is 0 Å². The van der Waals surface area contributed by atoms with Crippen molar-refractivity contribution in [3.05, 3.63) is 36.2 Å². The molecule has 2 aromatic rings. The first-order valence-electron chi connectivity index (χ1n) is 9.22. The van der Waals surface area contributed by atoms with E-state index >= 15 is 0 Å². The molecule has 1 aromatic carbocycles. The van der Waals surface area contributed by atoms with Gasteiger partial charge >= 0.3 is 0 Å². The van der Waals surface area contributed by atoms with Crippen molar-refractivity contribution < 1.29 is 8.42 Å². The summed E-state index contributed by atoms with van der Waals surface area (Å²) in [6.07, 6.45) is 5.02. The summed E-state index contributed by atoms with van der Waals surface area (Å²) >= 11 is 1.63. The van der Waals surface area contributed by atoms with Crippen LogP contribution in [0.4, 0.5) is 11.5 Å². The third kappa shape index (κ3) is 4.31. The number of nitrogens with zero attached hydrogens (tertiary/aromatic N) is 4. The Morgan fingerprint density at radius 1 is 1.25 bits per heavy atom. The average molecular weight is 421 g/mol. The van der Waals surface area contributed by atoms with Gasteiger partial charge in [0.05, 0.1) is 5.69 Å². The fourth-order valence-electron chi connectivity index (χ4n) is 3.36. The lowest BCUT2D eigenvalue weighted by molar-refractivity contribution is 0.199. The quantitative estimate of drug-likeness (QED) is 0.653. The van der Waals surface area contributed by atoms with Crippen LogP contribution in [0.5, 0.6) is 0 Å². The number of aromatic nitrogens is 2. The van der Waals surface area contributed by atoms with Crippen LogP contribution in [0.15, 0.2) is 40.5 Å². The van der Waals surface area contributed by atoms with Crippen molar-refractivity contribution in [3.63, 3.8) is 0 Å². The van der Waals surface area contributed by atoms with E-state index in [2.05, 4.69) is 43.1 Å². The van der Waals surface area contributed by atoms with Gasteiger partial charge in [0.15, 0.2) is 5.82 Å². The fourth-order valence-corrected chi connectivity index (χ4v) is 5.11. The minimum absolute atomic E-state index is 0.000302. The summed E-state index contributed by atoms with van der Waals surface area (Å²) in [5.41, 5.74) is 2.29. The molecule has 1 fully saturated rings. The molecule has 2 aliphatic rings. The molecule has 0 saturated carbocycles. The number of benzene rings is 1. The van der Waals surface area contributed by atoms with E-state index in [1.165, 1.54) is 9.87 Å². The normalized spacial score (nSPS) is 17.8. The zero-order chi connectivity index (χ0) is 19.7. The van der Waals surface area contributed by atoms with Gasteiger partial charge in [0.1, 0.15) is 5.03 Å². The van der Waals surface area contributed by atoms with Gasteiger partial charge < -0.3 is 5.32 Å². The topological polar surface area (TPSA) is 90.5 Å². The maximum Gasteiger partial charge on any atom is 0.279 e. The van der Waals surface area contributed by atoms with Crippen LogP contribution in [-0.4, -0.2) is 60.8 Å². The molecule has 150 valence electrons. The van der Waals surface area contributed by atoms with Gasteiger partial charge in [-0.25, -0.2) is 9.97 Å². The maximum atomic E-state index is 12.0. The van der Waals surface area contributed by atoms with Gasteiger partial charge in [0.2, 0.25) is 0 Å². The lowest BCUT2D eigenvalue weighted by Gasteiger charge is -2.33. The summed E-state index contributed by atoms with van der Waals surface area (Å²) in [4.78, 5) is 12.2. The van der Waals surface area contributed by atoms with Gasteiger partial charge in [-0.15, -0.1) is 0 Å². The molecule has 3 heterocycles. The first kappa shape index (κ1) is 19.6. The zero-order valence-electron chi connectivity index (χ0n) is 15.9. The van der Waals surface area contributed by atoms with Crippen molar-refractivity contribution in [3.8, 4) is 0 Å². The Labute approximate surface area is 169 Å². The number of hydrogen-bond acceptors (Lipinski definition) is 7. The Kier molecular flexibility index (Phi) is 5.57. The summed E-state index contributed by atoms with van der Waals surface area (Å²) in [5, 5.41) is 4.26. The Bertz CT molecular complexity index is 958. The highest BCUT2D eigenvalue weighted by atomic mass is 32.2. The molecular weight excluding hydrogens is 396 g/mol. The van der Waals surface area contributed by atoms with E-state index in [0.29, 0.717) is 0 Å². The first-order valence-corrected chi connectivity index (χ1v) is 11.5. The van der Waals surface area contributed by atoms with Crippen LogP contribution in [0.1, 0.15) is 18.4 Å². The molecule has 2 aliphatic heterocycles. The van der Waals surface area contributed by atoms with Crippen LogP contribution in [0.2, 0.25) is 0 Å². The van der Waals surface area contributed by atoms with Crippen LogP contribution >= 0.6 is 11.8 Å². The van der Waals surface area contributed by atoms with Crippen LogP contribution in [0.3, 0.4) is 0 Å². The van der Waals surface area contributed by atoms with Gasteiger partial charge in [-0.05, 0) is 30.5 Å². The van der Waals surface area contributed by atoms with Gasteiger partial charge in [-0.1, -0.05) is 17.8 Å². The lowest BCUT2D eigenvalue weighted by atomic mass is 10.1. The van der Waals surface area contributed by atoms with E-state index in [1.807, 2.05) is 0 Å². The van der Waals surface area contributed by atoms with Crippen molar-refractivity contribution in [1.82, 2.24) is 23.9 Å². The van der Waals surface area contributed by atoms with E-state index in [-0.39, 0.29) is 6.04 Å². The SMILES string of the molecule is CN(C)S(=O)(=O)NC1CCN(Cc2ccc3c(c2)Nc2nccnc2S3)CC1. The van der Waals surface area contributed by atoms with Crippen molar-refractivity contribution in [2.45, 2.75) is 35.3 Å². The molecule has 0 aliphatic carbocycles. The molecule has 1 aromatic heterocycles. The maximum absolute atomic E-state index is 12.0. The second kappa shape index (κ2) is 7.96. The van der Waals surface area contributed by atoms with Crippen molar-refractivity contribution in [1.29, 1.82) is 0 Å².